The molecule has 6 rings (SSSR count). The number of ether oxygens (including phenoxy) is 2. The van der Waals surface area contributed by atoms with E-state index in [4.69, 9.17) is 9.47 Å². The number of benzene rings is 2. The van der Waals surface area contributed by atoms with Gasteiger partial charge in [-0.2, -0.15) is 0 Å². The maximum Gasteiger partial charge on any atom is 0.141 e. The van der Waals surface area contributed by atoms with Crippen molar-refractivity contribution in [3.05, 3.63) is 70.8 Å². The van der Waals surface area contributed by atoms with E-state index in [-0.39, 0.29) is 0 Å². The molecule has 2 aromatic heterocycles. The zero-order valence-corrected chi connectivity index (χ0v) is 19.2. The summed E-state index contributed by atoms with van der Waals surface area (Å²) in [7, 11) is 0. The minimum atomic E-state index is 0.740. The second-order valence-electron chi connectivity index (χ2n) is 8.64. The lowest BCUT2D eigenvalue weighted by atomic mass is 10.0. The molecule has 4 aromatic rings. The maximum atomic E-state index is 6.13. The topological polar surface area (TPSA) is 69.2 Å². The van der Waals surface area contributed by atoms with E-state index in [0.29, 0.717) is 0 Å². The average Bonchev–Trinajstić information content (AvgIpc) is 3.55. The number of fused-ring (bicyclic) bond motifs is 2. The molecule has 0 saturated heterocycles. The molecule has 0 atom stereocenters. The minimum Gasteiger partial charge on any atom is -0.498 e. The Labute approximate surface area is 196 Å². The van der Waals surface area contributed by atoms with Crippen LogP contribution >= 0.6 is 11.3 Å². The second kappa shape index (κ2) is 8.48. The van der Waals surface area contributed by atoms with Crippen LogP contribution in [0.5, 0.6) is 11.5 Å². The number of nitrogens with one attached hydrogen (secondary N) is 1. The van der Waals surface area contributed by atoms with Gasteiger partial charge in [0.25, 0.3) is 0 Å². The minimum absolute atomic E-state index is 0.740. The fraction of sp³-hybridized carbons (Fsp3) is 0.269. The van der Waals surface area contributed by atoms with Crippen molar-refractivity contribution in [3.63, 3.8) is 0 Å². The third-order valence-corrected chi connectivity index (χ3v) is 6.86. The first-order chi connectivity index (χ1) is 16.2. The number of allylic oxidation sites excluding steroid dienone is 1. The van der Waals surface area contributed by atoms with Crippen molar-refractivity contribution in [1.29, 1.82) is 0 Å². The second-order valence-corrected chi connectivity index (χ2v) is 9.52. The molecular formula is C26H24N4O2S. The van der Waals surface area contributed by atoms with Gasteiger partial charge in [0.05, 0.1) is 33.8 Å². The van der Waals surface area contributed by atoms with Crippen LogP contribution in [0.25, 0.3) is 16.3 Å². The molecule has 6 nitrogen and oxygen atoms in total. The number of hydrogen-bond acceptors (Lipinski definition) is 7. The fourth-order valence-electron chi connectivity index (χ4n) is 3.99. The van der Waals surface area contributed by atoms with Gasteiger partial charge in [-0.05, 0) is 74.1 Å². The Hall–Kier alpha value is -3.45. The monoisotopic (exact) mass is 456 g/mol. The molecule has 0 unspecified atom stereocenters. The summed E-state index contributed by atoms with van der Waals surface area (Å²) < 4.78 is 13.3. The van der Waals surface area contributed by atoms with Crippen molar-refractivity contribution >= 4 is 39.1 Å². The van der Waals surface area contributed by atoms with Crippen LogP contribution in [0.15, 0.2) is 54.0 Å². The van der Waals surface area contributed by atoms with Crippen LogP contribution in [0.3, 0.4) is 0 Å². The fourth-order valence-corrected chi connectivity index (χ4v) is 4.65. The number of rotatable bonds is 7. The summed E-state index contributed by atoms with van der Waals surface area (Å²) in [6.45, 7) is 2.87. The number of anilines is 2. The van der Waals surface area contributed by atoms with Crippen LogP contribution in [-0.4, -0.2) is 21.6 Å². The molecule has 1 saturated carbocycles. The maximum absolute atomic E-state index is 6.13. The highest BCUT2D eigenvalue weighted by atomic mass is 32.1. The number of aryl methyl sites for hydroxylation is 2. The van der Waals surface area contributed by atoms with Gasteiger partial charge in [0.2, 0.25) is 0 Å². The summed E-state index contributed by atoms with van der Waals surface area (Å²) in [6, 6.07) is 12.1. The van der Waals surface area contributed by atoms with Crippen molar-refractivity contribution in [3.8, 4) is 11.5 Å². The Kier molecular flexibility index (Phi) is 5.19. The lowest BCUT2D eigenvalue weighted by Gasteiger charge is -2.19. The van der Waals surface area contributed by atoms with Gasteiger partial charge in [0, 0.05) is 23.7 Å². The molecular weight excluding hydrogens is 432 g/mol. The summed E-state index contributed by atoms with van der Waals surface area (Å²) in [5, 5.41) is 3.47. The average molecular weight is 457 g/mol. The Morgan fingerprint density at radius 3 is 2.88 bits per heavy atom. The molecule has 2 aliphatic carbocycles. The smallest absolute Gasteiger partial charge is 0.141 e. The van der Waals surface area contributed by atoms with Gasteiger partial charge in [0.1, 0.15) is 23.6 Å². The molecule has 7 heteroatoms. The van der Waals surface area contributed by atoms with Gasteiger partial charge < -0.3 is 14.8 Å². The zero-order valence-electron chi connectivity index (χ0n) is 18.4. The molecule has 1 fully saturated rings. The van der Waals surface area contributed by atoms with E-state index >= 15 is 0 Å². The molecule has 33 heavy (non-hydrogen) atoms. The Morgan fingerprint density at radius 1 is 1.06 bits per heavy atom. The van der Waals surface area contributed by atoms with Crippen LogP contribution in [0.1, 0.15) is 36.1 Å². The van der Waals surface area contributed by atoms with Gasteiger partial charge in [-0.15, -0.1) is 11.3 Å². The van der Waals surface area contributed by atoms with Gasteiger partial charge in [0.15, 0.2) is 0 Å². The quantitative estimate of drug-likeness (QED) is 0.336. The van der Waals surface area contributed by atoms with Gasteiger partial charge in [-0.25, -0.2) is 15.0 Å². The van der Waals surface area contributed by atoms with E-state index < -0.39 is 0 Å². The summed E-state index contributed by atoms with van der Waals surface area (Å²) in [5.74, 6) is 4.17. The van der Waals surface area contributed by atoms with Crippen molar-refractivity contribution in [2.75, 3.05) is 11.9 Å². The van der Waals surface area contributed by atoms with Crippen LogP contribution < -0.4 is 10.1 Å². The number of hydrogen-bond donors (Lipinski definition) is 1. The highest BCUT2D eigenvalue weighted by molar-refractivity contribution is 7.16. The summed E-state index contributed by atoms with van der Waals surface area (Å²) in [6.07, 6.45) is 8.08. The van der Waals surface area contributed by atoms with Crippen LogP contribution in [0, 0.1) is 12.8 Å². The molecule has 0 radical (unpaired) electrons. The molecule has 1 N–H and O–H groups in total. The van der Waals surface area contributed by atoms with Crippen LogP contribution in [-0.2, 0) is 11.2 Å². The first kappa shape index (κ1) is 20.2. The summed E-state index contributed by atoms with van der Waals surface area (Å²) >= 11 is 1.63. The first-order valence-electron chi connectivity index (χ1n) is 11.3. The number of aromatic nitrogens is 3. The molecule has 0 amide bonds. The van der Waals surface area contributed by atoms with E-state index in [2.05, 4.69) is 32.4 Å². The zero-order chi connectivity index (χ0) is 22.2. The van der Waals surface area contributed by atoms with Crippen molar-refractivity contribution in [2.45, 2.75) is 32.6 Å². The van der Waals surface area contributed by atoms with Crippen LogP contribution in [0.4, 0.5) is 11.5 Å². The molecule has 2 heterocycles. The third kappa shape index (κ3) is 4.41. The van der Waals surface area contributed by atoms with Crippen molar-refractivity contribution < 1.29 is 9.47 Å². The normalized spacial score (nSPS) is 15.1. The van der Waals surface area contributed by atoms with Crippen molar-refractivity contribution in [1.82, 2.24) is 15.0 Å². The van der Waals surface area contributed by atoms with E-state index in [1.165, 1.54) is 12.8 Å². The summed E-state index contributed by atoms with van der Waals surface area (Å²) in [4.78, 5) is 13.4. The molecule has 2 aliphatic rings. The van der Waals surface area contributed by atoms with Crippen molar-refractivity contribution in [2.24, 2.45) is 5.92 Å². The SMILES string of the molecule is Cc1cc(Nc2ncnc3c2C=C(OCC2CC2)CC3)ccc1Oc1ccc2scnc2c1. The van der Waals surface area contributed by atoms with Gasteiger partial charge >= 0.3 is 0 Å². The van der Waals surface area contributed by atoms with E-state index in [9.17, 15) is 0 Å². The Balaban J connectivity index is 1.21. The largest absolute Gasteiger partial charge is 0.498 e. The third-order valence-electron chi connectivity index (χ3n) is 6.05. The highest BCUT2D eigenvalue weighted by Crippen LogP contribution is 2.34. The van der Waals surface area contributed by atoms with Crippen LogP contribution in [0.2, 0.25) is 0 Å². The number of thiazole rings is 1. The van der Waals surface area contributed by atoms with E-state index in [1.807, 2.05) is 42.8 Å². The standard InChI is InChI=1S/C26H24N4O2S/c1-16-10-18(4-8-24(16)32-20-6-9-25-23(12-20)29-15-33-25)30-26-21-11-19(31-13-17-2-3-17)5-7-22(21)27-14-28-26/h4,6,8-12,14-15,17H,2-3,5,7,13H2,1H3,(H,27,28,30). The lowest BCUT2D eigenvalue weighted by Crippen LogP contribution is -2.09. The van der Waals surface area contributed by atoms with E-state index in [0.717, 1.165) is 81.2 Å². The van der Waals surface area contributed by atoms with E-state index in [1.54, 1.807) is 17.7 Å². The Bertz CT molecular complexity index is 1360. The molecule has 166 valence electrons. The highest BCUT2D eigenvalue weighted by Gasteiger charge is 2.23. The molecule has 2 aromatic carbocycles. The van der Waals surface area contributed by atoms with Gasteiger partial charge in [-0.3, -0.25) is 0 Å². The predicted molar refractivity (Wildman–Crippen MR) is 131 cm³/mol. The first-order valence-corrected chi connectivity index (χ1v) is 12.2. The molecule has 0 bridgehead atoms. The summed E-state index contributed by atoms with van der Waals surface area (Å²) in [5.41, 5.74) is 6.86. The number of nitrogens with zero attached hydrogens (tertiary/aromatic N) is 3. The Morgan fingerprint density at radius 2 is 2.00 bits per heavy atom. The van der Waals surface area contributed by atoms with Gasteiger partial charge in [-0.1, -0.05) is 0 Å². The lowest BCUT2D eigenvalue weighted by molar-refractivity contribution is 0.192. The molecule has 0 aliphatic heterocycles. The predicted octanol–water partition coefficient (Wildman–Crippen LogP) is 6.64. The molecule has 0 spiro atoms.